The minimum Gasteiger partial charge on any atom is -0.455 e. The Morgan fingerprint density at radius 2 is 1.63 bits per heavy atom. The number of benzene rings is 1. The molecule has 54 heavy (non-hydrogen) atoms. The van der Waals surface area contributed by atoms with Gasteiger partial charge in [-0.2, -0.15) is 0 Å². The van der Waals surface area contributed by atoms with Crippen molar-refractivity contribution >= 4 is 11.8 Å². The molecule has 294 valence electrons. The van der Waals surface area contributed by atoms with Crippen molar-refractivity contribution in [3.05, 3.63) is 84.0 Å². The van der Waals surface area contributed by atoms with Crippen LogP contribution in [0.25, 0.3) is 0 Å². The molecule has 12 unspecified atom stereocenters. The third kappa shape index (κ3) is 5.85. The molecule has 3 heterocycles. The second-order valence-electron chi connectivity index (χ2n) is 16.6. The van der Waals surface area contributed by atoms with E-state index in [0.29, 0.717) is 11.1 Å². The van der Waals surface area contributed by atoms with E-state index in [1.165, 1.54) is 57.8 Å². The molecule has 7 rings (SSSR count). The molecular formula is C44H58O10. The maximum Gasteiger partial charge on any atom is 0.338 e. The summed E-state index contributed by atoms with van der Waals surface area (Å²) in [5.74, 6) is -5.82. The van der Waals surface area contributed by atoms with Crippen molar-refractivity contribution in [1.82, 2.24) is 0 Å². The molecule has 3 aliphatic carbocycles. The first-order valence-electron chi connectivity index (χ1n) is 20.2. The molecular weight excluding hydrogens is 688 g/mol. The van der Waals surface area contributed by atoms with E-state index in [-0.39, 0.29) is 5.57 Å². The quantitative estimate of drug-likeness (QED) is 0.0536. The van der Waals surface area contributed by atoms with Gasteiger partial charge in [0.2, 0.25) is 0 Å². The van der Waals surface area contributed by atoms with Gasteiger partial charge < -0.3 is 39.0 Å². The highest BCUT2D eigenvalue weighted by Gasteiger charge is 2.90. The molecule has 1 aromatic carbocycles. The molecule has 0 amide bonds. The molecule has 12 atom stereocenters. The van der Waals surface area contributed by atoms with Crippen molar-refractivity contribution in [2.75, 3.05) is 6.61 Å². The predicted octanol–water partition coefficient (Wildman–Crippen LogP) is 6.44. The van der Waals surface area contributed by atoms with Gasteiger partial charge in [0.25, 0.3) is 0 Å². The smallest absolute Gasteiger partial charge is 0.338 e. The van der Waals surface area contributed by atoms with E-state index in [4.69, 9.17) is 23.7 Å². The van der Waals surface area contributed by atoms with Gasteiger partial charge in [-0.25, -0.2) is 4.79 Å². The fourth-order valence-electron chi connectivity index (χ4n) is 10.5. The molecule has 0 aromatic heterocycles. The Balaban J connectivity index is 1.20. The summed E-state index contributed by atoms with van der Waals surface area (Å²) in [7, 11) is 0. The van der Waals surface area contributed by atoms with E-state index in [1.54, 1.807) is 62.4 Å². The maximum atomic E-state index is 13.9. The van der Waals surface area contributed by atoms with E-state index < -0.39 is 88.9 Å². The van der Waals surface area contributed by atoms with Gasteiger partial charge in [-0.05, 0) is 50.0 Å². The predicted molar refractivity (Wildman–Crippen MR) is 201 cm³/mol. The number of rotatable bonds is 17. The Bertz CT molecular complexity index is 1690. The Morgan fingerprint density at radius 3 is 2.28 bits per heavy atom. The lowest BCUT2D eigenvalue weighted by atomic mass is 9.53. The van der Waals surface area contributed by atoms with Crippen LogP contribution in [0, 0.1) is 17.8 Å². The van der Waals surface area contributed by atoms with Crippen LogP contribution in [0.1, 0.15) is 109 Å². The van der Waals surface area contributed by atoms with Crippen LogP contribution in [-0.4, -0.2) is 86.5 Å². The molecule has 0 radical (unpaired) electrons. The summed E-state index contributed by atoms with van der Waals surface area (Å²) < 4.78 is 33.5. The van der Waals surface area contributed by atoms with Crippen LogP contribution in [0.3, 0.4) is 0 Å². The first-order chi connectivity index (χ1) is 25.9. The molecule has 6 aliphatic rings. The van der Waals surface area contributed by atoms with Crippen LogP contribution >= 0.6 is 0 Å². The molecule has 3 saturated heterocycles. The lowest BCUT2D eigenvalue weighted by molar-refractivity contribution is -0.407. The number of carbonyl (C=O) groups is 2. The molecule has 3 N–H and O–H groups in total. The molecule has 10 heteroatoms. The molecule has 10 nitrogen and oxygen atoms in total. The van der Waals surface area contributed by atoms with Crippen LogP contribution in [0.5, 0.6) is 0 Å². The molecule has 2 saturated carbocycles. The number of aliphatic hydroxyl groups is 3. The summed E-state index contributed by atoms with van der Waals surface area (Å²) in [6.07, 6.45) is 18.1. The zero-order valence-electron chi connectivity index (χ0n) is 32.2. The average Bonchev–Trinajstić information content (AvgIpc) is 3.79. The minimum absolute atomic E-state index is 0.242. The number of unbranched alkanes of at least 4 members (excludes halogenated alkanes) is 10. The number of epoxide rings is 1. The number of esters is 1. The lowest BCUT2D eigenvalue weighted by Gasteiger charge is -2.61. The Kier molecular flexibility index (Phi) is 10.8. The SMILES string of the molecule is C=C(C)C12OC3(C=CC=CCCCCCCCCCCCC)OC1C1C4OC4(CO)C(O)C4(O)C(=O)C(C)=CC4C1(O3)C(C)C2OC(=O)c1ccccc1. The van der Waals surface area contributed by atoms with Gasteiger partial charge in [0.1, 0.15) is 30.0 Å². The van der Waals surface area contributed by atoms with Crippen molar-refractivity contribution in [1.29, 1.82) is 0 Å². The number of hydrogen-bond donors (Lipinski definition) is 3. The number of Topliss-reactive ketones (excluding diaryl/α,β-unsaturated/α-hetero) is 1. The number of hydrogen-bond acceptors (Lipinski definition) is 10. The second kappa shape index (κ2) is 14.8. The third-order valence-corrected chi connectivity index (χ3v) is 13.3. The van der Waals surface area contributed by atoms with E-state index in [0.717, 1.165) is 12.8 Å². The van der Waals surface area contributed by atoms with Gasteiger partial charge in [-0.15, -0.1) is 0 Å². The molecule has 3 aliphatic heterocycles. The number of ketones is 1. The van der Waals surface area contributed by atoms with Gasteiger partial charge in [-0.3, -0.25) is 4.79 Å². The summed E-state index contributed by atoms with van der Waals surface area (Å²) in [6.45, 7) is 11.1. The van der Waals surface area contributed by atoms with Gasteiger partial charge in [0, 0.05) is 23.8 Å². The van der Waals surface area contributed by atoms with Crippen LogP contribution in [-0.2, 0) is 28.5 Å². The summed E-state index contributed by atoms with van der Waals surface area (Å²) in [5, 5.41) is 35.1. The van der Waals surface area contributed by atoms with Crippen molar-refractivity contribution in [2.24, 2.45) is 17.8 Å². The van der Waals surface area contributed by atoms with Gasteiger partial charge in [-0.1, -0.05) is 121 Å². The highest BCUT2D eigenvalue weighted by Crippen LogP contribution is 2.73. The first-order valence-corrected chi connectivity index (χ1v) is 20.2. The van der Waals surface area contributed by atoms with Crippen LogP contribution in [0.15, 0.2) is 78.4 Å². The standard InChI is InChI=1S/C44H58O10/c1-6-7-8-9-10-11-12-13-14-15-16-17-18-22-25-41-52-37-33-36-40(27-45,51-36)39(48)42(49)32(26-29(4)34(42)46)44(33,54-41)30(5)35(43(37,53-41)28(2)3)50-38(47)31-23-20-19-21-24-31/h17-26,30,32-33,35-37,39,45,48-49H,2,6-16,27H2,1,3-5H3. The molecule has 1 aromatic rings. The molecule has 0 spiro atoms. The Hall–Kier alpha value is -2.96. The lowest BCUT2D eigenvalue weighted by Crippen LogP contribution is -2.76. The van der Waals surface area contributed by atoms with E-state index in [9.17, 15) is 24.9 Å². The fourth-order valence-corrected chi connectivity index (χ4v) is 10.5. The summed E-state index contributed by atoms with van der Waals surface area (Å²) >= 11 is 0. The third-order valence-electron chi connectivity index (χ3n) is 13.3. The van der Waals surface area contributed by atoms with Gasteiger partial charge in [0.05, 0.1) is 17.8 Å². The number of aliphatic hydroxyl groups excluding tert-OH is 2. The Labute approximate surface area is 319 Å². The first kappa shape index (κ1) is 39.3. The van der Waals surface area contributed by atoms with Crippen molar-refractivity contribution in [2.45, 2.75) is 151 Å². The van der Waals surface area contributed by atoms with Crippen LogP contribution in [0.2, 0.25) is 0 Å². The summed E-state index contributed by atoms with van der Waals surface area (Å²) in [5.41, 5.74) is -6.02. The van der Waals surface area contributed by atoms with Crippen molar-refractivity contribution in [3.8, 4) is 0 Å². The summed E-state index contributed by atoms with van der Waals surface area (Å²) in [6, 6.07) is 8.61. The number of fused-ring (bicyclic) bond motifs is 3. The normalized spacial score (nSPS) is 41.4. The second-order valence-corrected chi connectivity index (χ2v) is 16.6. The average molecular weight is 747 g/mol. The number of carbonyl (C=O) groups excluding carboxylic acids is 2. The van der Waals surface area contributed by atoms with Crippen molar-refractivity contribution < 1.29 is 48.6 Å². The highest BCUT2D eigenvalue weighted by atomic mass is 16.9. The largest absolute Gasteiger partial charge is 0.455 e. The van der Waals surface area contributed by atoms with Gasteiger partial charge in [0.15, 0.2) is 17.0 Å². The van der Waals surface area contributed by atoms with Crippen molar-refractivity contribution in [3.63, 3.8) is 0 Å². The monoisotopic (exact) mass is 746 g/mol. The fraction of sp³-hybridized carbons (Fsp3) is 0.636. The van der Waals surface area contributed by atoms with Crippen LogP contribution in [0.4, 0.5) is 0 Å². The zero-order valence-corrected chi connectivity index (χ0v) is 32.2. The van der Waals surface area contributed by atoms with Gasteiger partial charge >= 0.3 is 11.9 Å². The zero-order chi connectivity index (χ0) is 38.5. The molecule has 5 fully saturated rings. The maximum absolute atomic E-state index is 13.9. The molecule has 3 bridgehead atoms. The van der Waals surface area contributed by atoms with E-state index in [2.05, 4.69) is 19.6 Å². The number of ether oxygens (including phenoxy) is 5. The minimum atomic E-state index is -2.42. The van der Waals surface area contributed by atoms with Crippen LogP contribution < -0.4 is 0 Å². The Morgan fingerprint density at radius 1 is 0.963 bits per heavy atom. The van der Waals surface area contributed by atoms with E-state index >= 15 is 0 Å². The number of allylic oxidation sites excluding steroid dienone is 3. The topological polar surface area (TPSA) is 144 Å². The summed E-state index contributed by atoms with van der Waals surface area (Å²) in [4.78, 5) is 27.8. The highest BCUT2D eigenvalue weighted by molar-refractivity contribution is 6.05. The van der Waals surface area contributed by atoms with E-state index in [1.807, 2.05) is 13.0 Å².